The summed E-state index contributed by atoms with van der Waals surface area (Å²) in [5.41, 5.74) is -2.49. The molecule has 0 spiro atoms. The molecule has 0 amide bonds. The summed E-state index contributed by atoms with van der Waals surface area (Å²) in [6, 6.07) is 9.16. The highest BCUT2D eigenvalue weighted by Crippen LogP contribution is 2.39. The van der Waals surface area contributed by atoms with E-state index in [0.717, 1.165) is 19.9 Å². The molecule has 5 rings (SSSR count). The SMILES string of the molecule is C[C@@](O)(c1ccc(N2CCN(S(=O)(=O)c3cccs3)C[C@@H]2CN2C[C@H]3C[C@@H]2CO3)cc1)C(F)(F)F. The van der Waals surface area contributed by atoms with Crippen LogP contribution in [0.25, 0.3) is 0 Å². The van der Waals surface area contributed by atoms with E-state index in [4.69, 9.17) is 4.74 Å². The van der Waals surface area contributed by atoms with Crippen LogP contribution in [0.2, 0.25) is 0 Å². The molecule has 0 aliphatic carbocycles. The summed E-state index contributed by atoms with van der Waals surface area (Å²) in [6.07, 6.45) is -3.63. The van der Waals surface area contributed by atoms with Crippen LogP contribution >= 0.6 is 11.3 Å². The molecule has 3 aliphatic heterocycles. The van der Waals surface area contributed by atoms with Gasteiger partial charge in [-0.25, -0.2) is 8.42 Å². The first-order chi connectivity index (χ1) is 16.5. The number of hydrogen-bond donors (Lipinski definition) is 1. The molecule has 3 aliphatic rings. The molecule has 4 heterocycles. The summed E-state index contributed by atoms with van der Waals surface area (Å²) in [5, 5.41) is 11.7. The third-order valence-electron chi connectivity index (χ3n) is 7.31. The van der Waals surface area contributed by atoms with Crippen LogP contribution < -0.4 is 4.90 Å². The number of nitrogens with zero attached hydrogens (tertiary/aromatic N) is 3. The zero-order valence-corrected chi connectivity index (χ0v) is 20.8. The summed E-state index contributed by atoms with van der Waals surface area (Å²) in [6.45, 7) is 3.77. The lowest BCUT2D eigenvalue weighted by atomic mass is 9.95. The Morgan fingerprint density at radius 3 is 2.46 bits per heavy atom. The average molecular weight is 532 g/mol. The molecule has 3 saturated heterocycles. The van der Waals surface area contributed by atoms with Crippen molar-refractivity contribution < 1.29 is 31.4 Å². The number of sulfonamides is 1. The minimum absolute atomic E-state index is 0.188. The Hall–Kier alpha value is -1.70. The average Bonchev–Trinajstić information content (AvgIpc) is 3.57. The van der Waals surface area contributed by atoms with Crippen LogP contribution in [0.4, 0.5) is 18.9 Å². The molecular weight excluding hydrogens is 503 g/mol. The number of morpholine rings is 1. The largest absolute Gasteiger partial charge is 0.421 e. The van der Waals surface area contributed by atoms with Crippen molar-refractivity contribution in [2.75, 3.05) is 44.2 Å². The fourth-order valence-corrected chi connectivity index (χ4v) is 7.81. The van der Waals surface area contributed by atoms with Crippen LogP contribution in [0, 0.1) is 0 Å². The van der Waals surface area contributed by atoms with Crippen molar-refractivity contribution in [2.24, 2.45) is 0 Å². The first-order valence-electron chi connectivity index (χ1n) is 11.5. The predicted molar refractivity (Wildman–Crippen MR) is 126 cm³/mol. The number of anilines is 1. The van der Waals surface area contributed by atoms with Gasteiger partial charge in [-0.3, -0.25) is 4.90 Å². The molecule has 7 nitrogen and oxygen atoms in total. The molecule has 1 aromatic carbocycles. The summed E-state index contributed by atoms with van der Waals surface area (Å²) >= 11 is 1.18. The second-order valence-electron chi connectivity index (χ2n) is 9.56. The van der Waals surface area contributed by atoms with Gasteiger partial charge in [0, 0.05) is 44.5 Å². The molecule has 0 unspecified atom stereocenters. The summed E-state index contributed by atoms with van der Waals surface area (Å²) in [4.78, 5) is 4.40. The molecule has 1 N–H and O–H groups in total. The zero-order valence-electron chi connectivity index (χ0n) is 19.2. The number of ether oxygens (including phenoxy) is 1. The van der Waals surface area contributed by atoms with Crippen molar-refractivity contribution >= 4 is 27.0 Å². The van der Waals surface area contributed by atoms with Gasteiger partial charge in [0.2, 0.25) is 0 Å². The van der Waals surface area contributed by atoms with E-state index in [1.807, 2.05) is 0 Å². The van der Waals surface area contributed by atoms with Gasteiger partial charge in [-0.15, -0.1) is 11.3 Å². The highest BCUT2D eigenvalue weighted by Gasteiger charge is 2.51. The van der Waals surface area contributed by atoms with Crippen LogP contribution in [0.1, 0.15) is 18.9 Å². The Morgan fingerprint density at radius 1 is 1.14 bits per heavy atom. The maximum atomic E-state index is 13.3. The summed E-state index contributed by atoms with van der Waals surface area (Å²) in [5.74, 6) is 0. The predicted octanol–water partition coefficient (Wildman–Crippen LogP) is 2.87. The quantitative estimate of drug-likeness (QED) is 0.618. The number of rotatable bonds is 6. The lowest BCUT2D eigenvalue weighted by Crippen LogP contribution is -2.59. The van der Waals surface area contributed by atoms with Gasteiger partial charge in [0.15, 0.2) is 5.60 Å². The van der Waals surface area contributed by atoms with Gasteiger partial charge in [0.25, 0.3) is 10.0 Å². The molecule has 4 atom stereocenters. The lowest BCUT2D eigenvalue weighted by Gasteiger charge is -2.44. The van der Waals surface area contributed by atoms with Gasteiger partial charge >= 0.3 is 6.18 Å². The maximum absolute atomic E-state index is 13.3. The van der Waals surface area contributed by atoms with Crippen LogP contribution in [0.5, 0.6) is 0 Å². The minimum Gasteiger partial charge on any atom is -0.376 e. The second kappa shape index (κ2) is 9.00. The Bertz CT molecular complexity index is 1140. The normalized spacial score (nSPS) is 27.9. The fourth-order valence-electron chi connectivity index (χ4n) is 5.19. The zero-order chi connectivity index (χ0) is 25.0. The van der Waals surface area contributed by atoms with E-state index in [2.05, 4.69) is 9.80 Å². The van der Waals surface area contributed by atoms with E-state index in [0.29, 0.717) is 35.6 Å². The van der Waals surface area contributed by atoms with Gasteiger partial charge in [0.05, 0.1) is 18.8 Å². The Morgan fingerprint density at radius 2 is 1.89 bits per heavy atom. The number of thiophene rings is 1. The monoisotopic (exact) mass is 531 g/mol. The van der Waals surface area contributed by atoms with Gasteiger partial charge in [-0.1, -0.05) is 18.2 Å². The molecule has 0 radical (unpaired) electrons. The van der Waals surface area contributed by atoms with Crippen LogP contribution in [-0.4, -0.2) is 86.4 Å². The molecule has 1 aromatic heterocycles. The van der Waals surface area contributed by atoms with Crippen LogP contribution in [-0.2, 0) is 20.4 Å². The Labute approximate surface area is 206 Å². The molecule has 2 bridgehead atoms. The molecule has 35 heavy (non-hydrogen) atoms. The van der Waals surface area contributed by atoms with Crippen LogP contribution in [0.15, 0.2) is 46.0 Å². The number of likely N-dealkylation sites (tertiary alicyclic amines) is 1. The molecule has 12 heteroatoms. The molecule has 2 aromatic rings. The Kier molecular flexibility index (Phi) is 6.42. The van der Waals surface area contributed by atoms with E-state index < -0.39 is 21.8 Å². The van der Waals surface area contributed by atoms with Crippen molar-refractivity contribution in [3.63, 3.8) is 0 Å². The van der Waals surface area contributed by atoms with Gasteiger partial charge in [0.1, 0.15) is 4.21 Å². The van der Waals surface area contributed by atoms with Crippen molar-refractivity contribution in [3.05, 3.63) is 47.3 Å². The van der Waals surface area contributed by atoms with E-state index >= 15 is 0 Å². The number of alkyl halides is 3. The van der Waals surface area contributed by atoms with E-state index in [-0.39, 0.29) is 30.8 Å². The summed E-state index contributed by atoms with van der Waals surface area (Å²) < 4.78 is 73.7. The highest BCUT2D eigenvalue weighted by atomic mass is 32.2. The first-order valence-corrected chi connectivity index (χ1v) is 13.8. The van der Waals surface area contributed by atoms with Crippen molar-refractivity contribution in [1.82, 2.24) is 9.21 Å². The third-order valence-corrected chi connectivity index (χ3v) is 10.5. The van der Waals surface area contributed by atoms with E-state index in [1.165, 1.54) is 27.8 Å². The second-order valence-corrected chi connectivity index (χ2v) is 12.7. The standard InChI is InChI=1S/C23H28F3N3O4S2/c1-22(30,23(24,25)26)16-4-6-17(7-5-16)29-9-8-28(35(31,32)21-3-2-10-34-21)13-19(29)12-27-14-20-11-18(27)15-33-20/h2-7,10,18-20,30H,8-9,11-15H2,1H3/t18-,19+,20-,22-/m1/s1. The molecular formula is C23H28F3N3O4S2. The smallest absolute Gasteiger partial charge is 0.376 e. The highest BCUT2D eigenvalue weighted by molar-refractivity contribution is 7.91. The van der Waals surface area contributed by atoms with Gasteiger partial charge < -0.3 is 14.7 Å². The van der Waals surface area contributed by atoms with Gasteiger partial charge in [-0.2, -0.15) is 17.5 Å². The lowest BCUT2D eigenvalue weighted by molar-refractivity contribution is -0.258. The van der Waals surface area contributed by atoms with Crippen molar-refractivity contribution in [3.8, 4) is 0 Å². The topological polar surface area (TPSA) is 73.3 Å². The van der Waals surface area contributed by atoms with Gasteiger partial charge in [-0.05, 0) is 42.5 Å². The molecule has 192 valence electrons. The molecule has 3 fully saturated rings. The Balaban J connectivity index is 1.40. The maximum Gasteiger partial charge on any atom is 0.421 e. The number of hydrogen-bond acceptors (Lipinski definition) is 7. The molecule has 0 saturated carbocycles. The number of benzene rings is 1. The van der Waals surface area contributed by atoms with Crippen molar-refractivity contribution in [2.45, 2.75) is 47.5 Å². The van der Waals surface area contributed by atoms with E-state index in [1.54, 1.807) is 29.6 Å². The van der Waals surface area contributed by atoms with Crippen molar-refractivity contribution in [1.29, 1.82) is 0 Å². The number of aliphatic hydroxyl groups is 1. The number of piperazine rings is 1. The van der Waals surface area contributed by atoms with Crippen LogP contribution in [0.3, 0.4) is 0 Å². The first kappa shape index (κ1) is 25.0. The number of fused-ring (bicyclic) bond motifs is 2. The van der Waals surface area contributed by atoms with E-state index in [9.17, 15) is 26.7 Å². The minimum atomic E-state index is -4.80. The summed E-state index contributed by atoms with van der Waals surface area (Å²) in [7, 11) is -3.62. The number of halogens is 3. The third kappa shape index (κ3) is 4.60. The fraction of sp³-hybridized carbons (Fsp3) is 0.565.